The summed E-state index contributed by atoms with van der Waals surface area (Å²) in [7, 11) is 0. The molecule has 3 heterocycles. The van der Waals surface area contributed by atoms with E-state index in [9.17, 15) is 19.5 Å². The highest BCUT2D eigenvalue weighted by Crippen LogP contribution is 2.49. The minimum Gasteiger partial charge on any atom is -0.396 e. The smallest absolute Gasteiger partial charge is 0.250 e. The van der Waals surface area contributed by atoms with E-state index in [4.69, 9.17) is 0 Å². The van der Waals surface area contributed by atoms with Crippen molar-refractivity contribution in [3.63, 3.8) is 0 Å². The predicted octanol–water partition coefficient (Wildman–Crippen LogP) is 1.45. The first-order chi connectivity index (χ1) is 15.1. The Morgan fingerprint density at radius 1 is 1.06 bits per heavy atom. The van der Waals surface area contributed by atoms with E-state index in [1.807, 2.05) is 36.4 Å². The Labute approximate surface area is 180 Å². The van der Waals surface area contributed by atoms with Crippen molar-refractivity contribution in [2.45, 2.75) is 44.4 Å². The van der Waals surface area contributed by atoms with Crippen LogP contribution >= 0.6 is 0 Å². The summed E-state index contributed by atoms with van der Waals surface area (Å²) in [5.41, 5.74) is 1.53. The molecule has 3 aliphatic rings. The van der Waals surface area contributed by atoms with E-state index in [0.29, 0.717) is 31.1 Å². The molecule has 1 saturated carbocycles. The second kappa shape index (κ2) is 7.96. The van der Waals surface area contributed by atoms with Crippen molar-refractivity contribution in [2.75, 3.05) is 6.61 Å². The van der Waals surface area contributed by atoms with Crippen LogP contribution in [0, 0.1) is 17.8 Å². The number of carbonyl (C=O) groups excluding carboxylic acids is 2. The zero-order valence-corrected chi connectivity index (χ0v) is 17.3. The third-order valence-corrected chi connectivity index (χ3v) is 6.98. The first kappa shape index (κ1) is 20.0. The van der Waals surface area contributed by atoms with Gasteiger partial charge in [-0.05, 0) is 30.4 Å². The molecule has 2 aromatic rings. The molecule has 7 nitrogen and oxygen atoms in total. The van der Waals surface area contributed by atoms with Crippen molar-refractivity contribution in [2.24, 2.45) is 17.8 Å². The summed E-state index contributed by atoms with van der Waals surface area (Å²) in [6.45, 7) is 0.486. The van der Waals surface area contributed by atoms with Crippen LogP contribution in [0.15, 0.2) is 53.3 Å². The fourth-order valence-electron chi connectivity index (χ4n) is 5.28. The number of amides is 2. The molecular weight excluding hydrogens is 394 g/mol. The van der Waals surface area contributed by atoms with Crippen LogP contribution in [0.4, 0.5) is 0 Å². The van der Waals surface area contributed by atoms with Gasteiger partial charge >= 0.3 is 0 Å². The second-order valence-corrected chi connectivity index (χ2v) is 8.94. The van der Waals surface area contributed by atoms with Gasteiger partial charge in [-0.1, -0.05) is 36.4 Å². The Kier molecular flexibility index (Phi) is 5.14. The lowest BCUT2D eigenvalue weighted by Gasteiger charge is -2.38. The number of nitrogens with one attached hydrogen (secondary N) is 1. The fraction of sp³-hybridized carbons (Fsp3) is 0.458. The molecule has 0 unspecified atom stereocenters. The van der Waals surface area contributed by atoms with Crippen LogP contribution in [0.2, 0.25) is 0 Å². The zero-order chi connectivity index (χ0) is 21.5. The first-order valence-corrected chi connectivity index (χ1v) is 11.0. The lowest BCUT2D eigenvalue weighted by atomic mass is 9.86. The van der Waals surface area contributed by atoms with E-state index in [1.54, 1.807) is 15.5 Å². The fourth-order valence-corrected chi connectivity index (χ4v) is 5.28. The van der Waals surface area contributed by atoms with Crippen LogP contribution in [0.5, 0.6) is 0 Å². The molecule has 5 rings (SSSR count). The van der Waals surface area contributed by atoms with Gasteiger partial charge in [-0.15, -0.1) is 0 Å². The van der Waals surface area contributed by atoms with Crippen LogP contribution < -0.4 is 10.9 Å². The molecule has 1 aromatic heterocycles. The van der Waals surface area contributed by atoms with Crippen molar-refractivity contribution in [3.05, 3.63) is 70.1 Å². The molecule has 2 aliphatic heterocycles. The van der Waals surface area contributed by atoms with Crippen molar-refractivity contribution in [3.8, 4) is 0 Å². The van der Waals surface area contributed by atoms with E-state index in [2.05, 4.69) is 5.32 Å². The number of aliphatic hydroxyl groups excluding tert-OH is 1. The molecule has 162 valence electrons. The number of pyridine rings is 1. The molecule has 1 aromatic carbocycles. The molecule has 2 N–H and O–H groups in total. The summed E-state index contributed by atoms with van der Waals surface area (Å²) >= 11 is 0. The lowest BCUT2D eigenvalue weighted by Crippen LogP contribution is -2.49. The molecule has 2 fully saturated rings. The molecule has 0 spiro atoms. The number of nitrogens with zero attached hydrogens (tertiary/aromatic N) is 2. The van der Waals surface area contributed by atoms with E-state index < -0.39 is 17.9 Å². The largest absolute Gasteiger partial charge is 0.396 e. The minimum absolute atomic E-state index is 0.0249. The predicted molar refractivity (Wildman–Crippen MR) is 114 cm³/mol. The van der Waals surface area contributed by atoms with Crippen molar-refractivity contribution in [1.29, 1.82) is 0 Å². The normalized spacial score (nSPS) is 26.4. The molecule has 2 amide bonds. The summed E-state index contributed by atoms with van der Waals surface area (Å²) < 4.78 is 1.67. The Hall–Kier alpha value is -2.93. The maximum Gasteiger partial charge on any atom is 0.250 e. The SMILES string of the molecule is O=C(NCc1ccccc1)[C@H]1[C@H](CO)[C@H]2Cn3c(cccc3=O)[C@@H]1N2C(=O)CC1CC1. The Morgan fingerprint density at radius 2 is 1.84 bits per heavy atom. The van der Waals surface area contributed by atoms with Gasteiger partial charge < -0.3 is 19.9 Å². The number of hydrogen-bond donors (Lipinski definition) is 2. The lowest BCUT2D eigenvalue weighted by molar-refractivity contribution is -0.137. The highest BCUT2D eigenvalue weighted by Gasteiger charge is 2.57. The van der Waals surface area contributed by atoms with Gasteiger partial charge in [0, 0.05) is 43.8 Å². The van der Waals surface area contributed by atoms with Gasteiger partial charge in [0.15, 0.2) is 0 Å². The van der Waals surface area contributed by atoms with E-state index >= 15 is 0 Å². The van der Waals surface area contributed by atoms with Gasteiger partial charge in [0.25, 0.3) is 5.56 Å². The molecule has 1 aliphatic carbocycles. The van der Waals surface area contributed by atoms with Gasteiger partial charge in [-0.2, -0.15) is 0 Å². The van der Waals surface area contributed by atoms with Gasteiger partial charge in [0.05, 0.1) is 18.0 Å². The van der Waals surface area contributed by atoms with Crippen LogP contribution in [-0.4, -0.2) is 39.0 Å². The average molecular weight is 421 g/mol. The maximum absolute atomic E-state index is 13.4. The van der Waals surface area contributed by atoms with Crippen LogP contribution in [0.3, 0.4) is 0 Å². The number of fused-ring (bicyclic) bond motifs is 4. The molecule has 7 heteroatoms. The summed E-state index contributed by atoms with van der Waals surface area (Å²) in [6.07, 6.45) is 2.60. The Morgan fingerprint density at radius 3 is 2.55 bits per heavy atom. The summed E-state index contributed by atoms with van der Waals surface area (Å²) in [4.78, 5) is 41.0. The zero-order valence-electron chi connectivity index (χ0n) is 17.3. The molecule has 1 saturated heterocycles. The number of rotatable bonds is 6. The third kappa shape index (κ3) is 3.57. The summed E-state index contributed by atoms with van der Waals surface area (Å²) in [6, 6.07) is 13.8. The topological polar surface area (TPSA) is 91.6 Å². The van der Waals surface area contributed by atoms with E-state index in [-0.39, 0.29) is 30.0 Å². The van der Waals surface area contributed by atoms with Crippen molar-refractivity contribution >= 4 is 11.8 Å². The van der Waals surface area contributed by atoms with Gasteiger partial charge in [0.2, 0.25) is 11.8 Å². The third-order valence-electron chi connectivity index (χ3n) is 6.98. The highest BCUT2D eigenvalue weighted by atomic mass is 16.3. The minimum atomic E-state index is -0.600. The van der Waals surface area contributed by atoms with E-state index in [1.165, 1.54) is 6.07 Å². The number of aromatic nitrogens is 1. The molecule has 4 atom stereocenters. The van der Waals surface area contributed by atoms with Crippen molar-refractivity contribution < 1.29 is 14.7 Å². The van der Waals surface area contributed by atoms with Crippen LogP contribution in [0.25, 0.3) is 0 Å². The number of aliphatic hydroxyl groups is 1. The van der Waals surface area contributed by atoms with Crippen LogP contribution in [-0.2, 0) is 22.7 Å². The summed E-state index contributed by atoms with van der Waals surface area (Å²) in [5, 5.41) is 13.3. The quantitative estimate of drug-likeness (QED) is 0.739. The Bertz CT molecular complexity index is 1050. The maximum atomic E-state index is 13.4. The van der Waals surface area contributed by atoms with E-state index in [0.717, 1.165) is 18.4 Å². The number of hydrogen-bond acceptors (Lipinski definition) is 4. The standard InChI is InChI=1S/C24H27N3O4/c28-14-17-19-13-26-18(7-4-8-20(26)29)23(27(19)21(30)11-15-9-10-15)22(17)24(31)25-12-16-5-2-1-3-6-16/h1-8,15,17,19,22-23,28H,9-14H2,(H,25,31)/t17-,19-,22+,23+/m1/s1. The monoisotopic (exact) mass is 421 g/mol. The number of benzene rings is 1. The van der Waals surface area contributed by atoms with Crippen LogP contribution in [0.1, 0.15) is 36.6 Å². The average Bonchev–Trinajstić information content (AvgIpc) is 3.56. The first-order valence-electron chi connectivity index (χ1n) is 11.0. The highest BCUT2D eigenvalue weighted by molar-refractivity contribution is 5.84. The van der Waals surface area contributed by atoms with Gasteiger partial charge in [-0.3, -0.25) is 14.4 Å². The van der Waals surface area contributed by atoms with Crippen molar-refractivity contribution in [1.82, 2.24) is 14.8 Å². The molecule has 31 heavy (non-hydrogen) atoms. The van der Waals surface area contributed by atoms with Gasteiger partial charge in [0.1, 0.15) is 0 Å². The van der Waals surface area contributed by atoms with Gasteiger partial charge in [-0.25, -0.2) is 0 Å². The molecule has 2 bridgehead atoms. The molecular formula is C24H27N3O4. The Balaban J connectivity index is 1.49. The number of carbonyl (C=O) groups is 2. The molecule has 0 radical (unpaired) electrons. The summed E-state index contributed by atoms with van der Waals surface area (Å²) in [5.74, 6) is -0.758. The second-order valence-electron chi connectivity index (χ2n) is 8.94.